The minimum Gasteiger partial charge on any atom is -0.493 e. The van der Waals surface area contributed by atoms with Crippen LogP contribution in [-0.2, 0) is 17.8 Å². The van der Waals surface area contributed by atoms with Crippen LogP contribution in [-0.4, -0.2) is 42.6 Å². The summed E-state index contributed by atoms with van der Waals surface area (Å²) in [5.41, 5.74) is 4.41. The first-order valence-corrected chi connectivity index (χ1v) is 11.0. The van der Waals surface area contributed by atoms with Crippen molar-refractivity contribution in [2.24, 2.45) is 10.9 Å². The van der Waals surface area contributed by atoms with Gasteiger partial charge in [0.1, 0.15) is 5.75 Å². The van der Waals surface area contributed by atoms with Gasteiger partial charge in [0.15, 0.2) is 5.96 Å². The summed E-state index contributed by atoms with van der Waals surface area (Å²) in [6.07, 6.45) is 4.96. The lowest BCUT2D eigenvalue weighted by Gasteiger charge is -2.16. The Morgan fingerprint density at radius 1 is 1.18 bits per heavy atom. The van der Waals surface area contributed by atoms with Crippen molar-refractivity contribution in [3.8, 4) is 11.4 Å². The Bertz CT molecular complexity index is 1030. The van der Waals surface area contributed by atoms with Crippen LogP contribution in [0.2, 0.25) is 0 Å². The molecule has 0 saturated carbocycles. The lowest BCUT2D eigenvalue weighted by Crippen LogP contribution is -2.36. The number of aromatic nitrogens is 2. The summed E-state index contributed by atoms with van der Waals surface area (Å²) in [7, 11) is 1.77. The molecule has 1 aromatic heterocycles. The number of ether oxygens (including phenoxy) is 2. The first-order valence-electron chi connectivity index (χ1n) is 11.0. The summed E-state index contributed by atoms with van der Waals surface area (Å²) in [6, 6.07) is 16.4. The van der Waals surface area contributed by atoms with E-state index in [9.17, 15) is 0 Å². The minimum absolute atomic E-state index is 0. The van der Waals surface area contributed by atoms with E-state index in [0.29, 0.717) is 25.6 Å². The lowest BCUT2D eigenvalue weighted by molar-refractivity contribution is 0.166. The number of nitrogens with one attached hydrogen (secondary N) is 2. The molecule has 2 N–H and O–H groups in total. The number of halogens is 1. The van der Waals surface area contributed by atoms with Crippen LogP contribution in [0.15, 0.2) is 65.9 Å². The van der Waals surface area contributed by atoms with E-state index in [1.54, 1.807) is 7.05 Å². The number of benzene rings is 2. The molecular formula is C25H32IN5O2. The summed E-state index contributed by atoms with van der Waals surface area (Å²) >= 11 is 0. The SMILES string of the molecule is CN=C(NCc1cnn(-c2ccccc2)c1)NCc1ccc(C)cc1OCC1CCOC1.I. The second kappa shape index (κ2) is 12.6. The van der Waals surface area contributed by atoms with Crippen molar-refractivity contribution in [2.75, 3.05) is 26.9 Å². The van der Waals surface area contributed by atoms with Gasteiger partial charge >= 0.3 is 0 Å². The van der Waals surface area contributed by atoms with Gasteiger partial charge in [0.05, 0.1) is 25.1 Å². The molecule has 8 heteroatoms. The van der Waals surface area contributed by atoms with Crippen molar-refractivity contribution in [3.05, 3.63) is 77.6 Å². The molecule has 3 aromatic rings. The van der Waals surface area contributed by atoms with Gasteiger partial charge < -0.3 is 20.1 Å². The molecule has 7 nitrogen and oxygen atoms in total. The average molecular weight is 561 g/mol. The first-order chi connectivity index (χ1) is 15.7. The second-order valence-corrected chi connectivity index (χ2v) is 8.06. The Morgan fingerprint density at radius 2 is 2.00 bits per heavy atom. The molecule has 33 heavy (non-hydrogen) atoms. The van der Waals surface area contributed by atoms with Gasteiger partial charge in [-0.05, 0) is 37.1 Å². The molecule has 0 aliphatic carbocycles. The molecule has 2 aromatic carbocycles. The maximum absolute atomic E-state index is 6.15. The Kier molecular flexibility index (Phi) is 9.56. The summed E-state index contributed by atoms with van der Waals surface area (Å²) in [5.74, 6) is 2.12. The number of aliphatic imine (C=N–C) groups is 1. The number of guanidine groups is 1. The highest BCUT2D eigenvalue weighted by atomic mass is 127. The predicted molar refractivity (Wildman–Crippen MR) is 142 cm³/mol. The molecule has 176 valence electrons. The van der Waals surface area contributed by atoms with E-state index >= 15 is 0 Å². The van der Waals surface area contributed by atoms with Gasteiger partial charge in [-0.25, -0.2) is 4.68 Å². The maximum atomic E-state index is 6.15. The van der Waals surface area contributed by atoms with Crippen molar-refractivity contribution in [1.29, 1.82) is 0 Å². The highest BCUT2D eigenvalue weighted by Gasteiger charge is 2.17. The van der Waals surface area contributed by atoms with Gasteiger partial charge in [-0.15, -0.1) is 24.0 Å². The zero-order valence-electron chi connectivity index (χ0n) is 19.2. The van der Waals surface area contributed by atoms with E-state index in [1.165, 1.54) is 5.56 Å². The number of para-hydroxylation sites is 1. The number of hydrogen-bond donors (Lipinski definition) is 2. The van der Waals surface area contributed by atoms with E-state index in [1.807, 2.05) is 47.4 Å². The number of aryl methyl sites for hydroxylation is 1. The van der Waals surface area contributed by atoms with Crippen LogP contribution < -0.4 is 15.4 Å². The zero-order chi connectivity index (χ0) is 22.2. The molecule has 1 aliphatic heterocycles. The topological polar surface area (TPSA) is 72.7 Å². The lowest BCUT2D eigenvalue weighted by atomic mass is 10.1. The quantitative estimate of drug-likeness (QED) is 0.247. The van der Waals surface area contributed by atoms with E-state index in [0.717, 1.165) is 48.2 Å². The fraction of sp³-hybridized carbons (Fsp3) is 0.360. The summed E-state index contributed by atoms with van der Waals surface area (Å²) in [4.78, 5) is 4.35. The molecule has 1 aliphatic rings. The van der Waals surface area contributed by atoms with Crippen molar-refractivity contribution in [1.82, 2.24) is 20.4 Å². The summed E-state index contributed by atoms with van der Waals surface area (Å²) in [5, 5.41) is 11.2. The van der Waals surface area contributed by atoms with E-state index in [4.69, 9.17) is 9.47 Å². The van der Waals surface area contributed by atoms with Crippen LogP contribution in [0.5, 0.6) is 5.75 Å². The molecule has 1 fully saturated rings. The van der Waals surface area contributed by atoms with E-state index in [-0.39, 0.29) is 24.0 Å². The van der Waals surface area contributed by atoms with Crippen LogP contribution in [0.25, 0.3) is 5.69 Å². The smallest absolute Gasteiger partial charge is 0.191 e. The molecule has 1 unspecified atom stereocenters. The molecule has 1 saturated heterocycles. The molecular weight excluding hydrogens is 529 g/mol. The standard InChI is InChI=1S/C25H31N5O2.HI/c1-19-8-9-22(24(12-19)32-18-20-10-11-31-17-20)15-28-25(26-2)27-13-21-14-29-30(16-21)23-6-4-3-5-7-23;/h3-9,12,14,16,20H,10-11,13,15,17-18H2,1-2H3,(H2,26,27,28);1H. The first kappa shape index (κ1) is 25.0. The van der Waals surface area contributed by atoms with Crippen molar-refractivity contribution in [2.45, 2.75) is 26.4 Å². The molecule has 0 radical (unpaired) electrons. The fourth-order valence-corrected chi connectivity index (χ4v) is 3.62. The normalized spacial score (nSPS) is 15.7. The average Bonchev–Trinajstić information content (AvgIpc) is 3.52. The third kappa shape index (κ3) is 7.20. The molecule has 2 heterocycles. The van der Waals surface area contributed by atoms with Crippen LogP contribution in [0, 0.1) is 12.8 Å². The third-order valence-electron chi connectivity index (χ3n) is 5.51. The number of hydrogen-bond acceptors (Lipinski definition) is 4. The van der Waals surface area contributed by atoms with Crippen molar-refractivity contribution < 1.29 is 9.47 Å². The van der Waals surface area contributed by atoms with Gasteiger partial charge in [0.25, 0.3) is 0 Å². The van der Waals surface area contributed by atoms with Gasteiger partial charge in [0.2, 0.25) is 0 Å². The third-order valence-corrected chi connectivity index (χ3v) is 5.51. The molecule has 1 atom stereocenters. The van der Waals surface area contributed by atoms with Crippen molar-refractivity contribution >= 4 is 29.9 Å². The van der Waals surface area contributed by atoms with Gasteiger partial charge in [-0.2, -0.15) is 5.10 Å². The second-order valence-electron chi connectivity index (χ2n) is 8.06. The maximum Gasteiger partial charge on any atom is 0.191 e. The van der Waals surface area contributed by atoms with Gasteiger partial charge in [-0.1, -0.05) is 30.3 Å². The van der Waals surface area contributed by atoms with Crippen LogP contribution >= 0.6 is 24.0 Å². The summed E-state index contributed by atoms with van der Waals surface area (Å²) < 4.78 is 13.5. The number of rotatable bonds is 8. The Balaban J connectivity index is 0.00000306. The molecule has 4 rings (SSSR count). The highest BCUT2D eigenvalue weighted by Crippen LogP contribution is 2.22. The predicted octanol–water partition coefficient (Wildman–Crippen LogP) is 4.08. The zero-order valence-corrected chi connectivity index (χ0v) is 21.5. The van der Waals surface area contributed by atoms with Crippen LogP contribution in [0.1, 0.15) is 23.1 Å². The van der Waals surface area contributed by atoms with Crippen LogP contribution in [0.3, 0.4) is 0 Å². The van der Waals surface area contributed by atoms with E-state index in [2.05, 4.69) is 45.8 Å². The van der Waals surface area contributed by atoms with Gasteiger partial charge in [0, 0.05) is 50.0 Å². The van der Waals surface area contributed by atoms with Crippen LogP contribution in [0.4, 0.5) is 0 Å². The Labute approximate surface area is 212 Å². The molecule has 0 spiro atoms. The number of nitrogens with zero attached hydrogens (tertiary/aromatic N) is 3. The molecule has 0 bridgehead atoms. The monoisotopic (exact) mass is 561 g/mol. The fourth-order valence-electron chi connectivity index (χ4n) is 3.62. The van der Waals surface area contributed by atoms with E-state index < -0.39 is 0 Å². The molecule has 0 amide bonds. The Hall–Kier alpha value is -2.59. The Morgan fingerprint density at radius 3 is 2.76 bits per heavy atom. The minimum atomic E-state index is 0. The largest absolute Gasteiger partial charge is 0.493 e. The van der Waals surface area contributed by atoms with Gasteiger partial charge in [-0.3, -0.25) is 4.99 Å². The highest BCUT2D eigenvalue weighted by molar-refractivity contribution is 14.0. The van der Waals surface area contributed by atoms with Crippen molar-refractivity contribution in [3.63, 3.8) is 0 Å². The summed E-state index contributed by atoms with van der Waals surface area (Å²) in [6.45, 7) is 5.65.